The fourth-order valence-electron chi connectivity index (χ4n) is 4.76. The second-order valence-corrected chi connectivity index (χ2v) is 10.0. The van der Waals surface area contributed by atoms with Gasteiger partial charge in [-0.3, -0.25) is 23.9 Å². The van der Waals surface area contributed by atoms with Crippen molar-refractivity contribution in [1.82, 2.24) is 14.9 Å². The van der Waals surface area contributed by atoms with E-state index in [0.717, 1.165) is 55.0 Å². The number of aliphatic hydroxyl groups is 3. The highest BCUT2D eigenvalue weighted by atomic mass is 16.7. The van der Waals surface area contributed by atoms with Crippen LogP contribution in [-0.4, -0.2) is 93.3 Å². The first-order chi connectivity index (χ1) is 19.6. The minimum absolute atomic E-state index is 0.327. The van der Waals surface area contributed by atoms with Crippen LogP contribution in [0.5, 0.6) is 0 Å². The van der Waals surface area contributed by atoms with Crippen molar-refractivity contribution < 1.29 is 43.9 Å². The molecule has 0 bridgehead atoms. The summed E-state index contributed by atoms with van der Waals surface area (Å²) in [7, 11) is 1.21. The fourth-order valence-corrected chi connectivity index (χ4v) is 4.76. The number of ether oxygens (including phenoxy) is 4. The van der Waals surface area contributed by atoms with Gasteiger partial charge in [0.25, 0.3) is 11.5 Å². The number of aromatic nitrogens is 2. The molecule has 3 heterocycles. The number of carbonyl (C=O) groups excluding carboxylic acids is 2. The Morgan fingerprint density at radius 3 is 2.44 bits per heavy atom. The van der Waals surface area contributed by atoms with Gasteiger partial charge in [0.2, 0.25) is 12.2 Å². The van der Waals surface area contributed by atoms with Gasteiger partial charge in [0.1, 0.15) is 30.5 Å². The highest BCUT2D eigenvalue weighted by Gasteiger charge is 2.52. The summed E-state index contributed by atoms with van der Waals surface area (Å²) in [5, 5.41) is 34.3. The van der Waals surface area contributed by atoms with Crippen LogP contribution in [0.2, 0.25) is 0 Å². The van der Waals surface area contributed by atoms with Crippen molar-refractivity contribution >= 4 is 11.8 Å². The van der Waals surface area contributed by atoms with Gasteiger partial charge in [-0.05, 0) is 12.5 Å². The van der Waals surface area contributed by atoms with Crippen molar-refractivity contribution in [3.8, 4) is 0 Å². The Hall–Kier alpha value is -3.08. The van der Waals surface area contributed by atoms with Gasteiger partial charge in [0, 0.05) is 25.9 Å². The van der Waals surface area contributed by atoms with E-state index in [-0.39, 0.29) is 5.76 Å². The first-order valence-electron chi connectivity index (χ1n) is 13.7. The highest BCUT2D eigenvalue weighted by molar-refractivity contribution is 5.91. The lowest BCUT2D eigenvalue weighted by Crippen LogP contribution is -2.54. The monoisotopic (exact) mass is 584 g/mol. The van der Waals surface area contributed by atoms with E-state index in [9.17, 15) is 34.5 Å². The molecule has 0 saturated carbocycles. The molecule has 1 aromatic heterocycles. The third kappa shape index (κ3) is 8.24. The van der Waals surface area contributed by atoms with E-state index in [1.54, 1.807) is 0 Å². The summed E-state index contributed by atoms with van der Waals surface area (Å²) < 4.78 is 23.0. The number of H-pyrrole nitrogens is 1. The number of rotatable bonds is 15. The van der Waals surface area contributed by atoms with Gasteiger partial charge in [-0.15, -0.1) is 0 Å². The number of amides is 2. The molecule has 230 valence electrons. The first-order valence-corrected chi connectivity index (χ1v) is 13.7. The first kappa shape index (κ1) is 32.4. The number of methoxy groups -OCH3 is 1. The molecule has 2 aliphatic heterocycles. The summed E-state index contributed by atoms with van der Waals surface area (Å²) >= 11 is 0. The molecule has 1 saturated heterocycles. The largest absolute Gasteiger partial charge is 0.456 e. The van der Waals surface area contributed by atoms with Gasteiger partial charge in [0.05, 0.1) is 0 Å². The maximum atomic E-state index is 12.7. The third-order valence-electron chi connectivity index (χ3n) is 6.99. The Morgan fingerprint density at radius 1 is 1.12 bits per heavy atom. The molecule has 1 unspecified atom stereocenters. The van der Waals surface area contributed by atoms with Crippen LogP contribution in [-0.2, 0) is 28.5 Å². The molecule has 41 heavy (non-hydrogen) atoms. The maximum absolute atomic E-state index is 12.7. The molecule has 8 atom stereocenters. The average Bonchev–Trinajstić information content (AvgIpc) is 3.25. The van der Waals surface area contributed by atoms with Gasteiger partial charge in [-0.2, -0.15) is 0 Å². The summed E-state index contributed by atoms with van der Waals surface area (Å²) in [6, 6.07) is 1.04. The van der Waals surface area contributed by atoms with E-state index in [1.165, 1.54) is 20.0 Å². The van der Waals surface area contributed by atoms with Crippen LogP contribution in [0.15, 0.2) is 33.7 Å². The molecule has 2 amide bonds. The van der Waals surface area contributed by atoms with Crippen LogP contribution in [0.3, 0.4) is 0 Å². The summed E-state index contributed by atoms with van der Waals surface area (Å²) in [6.45, 7) is 2.52. The van der Waals surface area contributed by atoms with Crippen LogP contribution in [0.25, 0.3) is 0 Å². The molecule has 0 aromatic carbocycles. The van der Waals surface area contributed by atoms with Crippen molar-refractivity contribution in [3.63, 3.8) is 0 Å². The average molecular weight is 585 g/mol. The van der Waals surface area contributed by atoms with Crippen LogP contribution in [0.4, 0.5) is 0 Å². The Morgan fingerprint density at radius 2 is 1.80 bits per heavy atom. The number of aromatic amines is 1. The summed E-state index contributed by atoms with van der Waals surface area (Å²) in [6.07, 6.45) is -2.84. The number of nitrogens with two attached hydrogens (primary N) is 1. The van der Waals surface area contributed by atoms with E-state index < -0.39 is 72.2 Å². The van der Waals surface area contributed by atoms with Gasteiger partial charge in [-0.1, -0.05) is 45.4 Å². The minimum Gasteiger partial charge on any atom is -0.456 e. The number of primary amides is 1. The Labute approximate surface area is 236 Å². The number of aliphatic hydroxyl groups excluding tert-OH is 3. The molecular formula is C26H40N4O11. The molecule has 0 spiro atoms. The van der Waals surface area contributed by atoms with Crippen LogP contribution >= 0.6 is 0 Å². The van der Waals surface area contributed by atoms with Crippen molar-refractivity contribution in [2.24, 2.45) is 5.73 Å². The second kappa shape index (κ2) is 15.2. The van der Waals surface area contributed by atoms with Gasteiger partial charge in [0.15, 0.2) is 18.1 Å². The normalized spacial score (nSPS) is 28.5. The molecular weight excluding hydrogens is 544 g/mol. The van der Waals surface area contributed by atoms with E-state index in [2.05, 4.69) is 12.2 Å². The van der Waals surface area contributed by atoms with Crippen LogP contribution in [0, 0.1) is 0 Å². The zero-order valence-corrected chi connectivity index (χ0v) is 23.1. The topological polar surface area (TPSA) is 225 Å². The van der Waals surface area contributed by atoms with E-state index >= 15 is 0 Å². The standard InChI is InChI=1S/C26H40N4O11/c1-3-4-5-6-7-8-9-11-28-23(36)15-13-14(31)17(33)25(39-15)41-21(22(27)35)20-19(38-2)18(34)24(40-20)30-12-10-16(32)29-26(30)37/h10,12-14,17-21,24-25,31,33-34H,3-9,11H2,1-2H3,(H2,27,35)(H,28,36)(H,29,32,37)/t14-,17-,18+,19-,20-,21+,24+,25?/m0/s1. The molecule has 3 rings (SSSR count). The molecule has 7 N–H and O–H groups in total. The smallest absolute Gasteiger partial charge is 0.330 e. The summed E-state index contributed by atoms with van der Waals surface area (Å²) in [5.41, 5.74) is 3.99. The number of unbranched alkanes of at least 4 members (excludes halogenated alkanes) is 6. The van der Waals surface area contributed by atoms with E-state index in [0.29, 0.717) is 6.54 Å². The Balaban J connectivity index is 1.66. The fraction of sp³-hybridized carbons (Fsp3) is 0.692. The lowest BCUT2D eigenvalue weighted by Gasteiger charge is -2.35. The number of hydrogen-bond acceptors (Lipinski definition) is 11. The third-order valence-corrected chi connectivity index (χ3v) is 6.99. The van der Waals surface area contributed by atoms with Crippen LogP contribution < -0.4 is 22.3 Å². The Bertz CT molecular complexity index is 1170. The highest BCUT2D eigenvalue weighted by Crippen LogP contribution is 2.34. The molecule has 0 aliphatic carbocycles. The van der Waals surface area contributed by atoms with Gasteiger partial charge >= 0.3 is 5.69 Å². The predicted molar refractivity (Wildman–Crippen MR) is 142 cm³/mol. The van der Waals surface area contributed by atoms with Crippen molar-refractivity contribution in [1.29, 1.82) is 0 Å². The van der Waals surface area contributed by atoms with Gasteiger partial charge < -0.3 is 45.3 Å². The predicted octanol–water partition coefficient (Wildman–Crippen LogP) is -1.49. The lowest BCUT2D eigenvalue weighted by atomic mass is 10.0. The molecule has 1 aromatic rings. The van der Waals surface area contributed by atoms with Crippen LogP contribution in [0.1, 0.15) is 58.1 Å². The molecule has 15 heteroatoms. The maximum Gasteiger partial charge on any atom is 0.330 e. The zero-order valence-electron chi connectivity index (χ0n) is 23.1. The molecule has 1 fully saturated rings. The number of nitrogens with zero attached hydrogens (tertiary/aromatic N) is 1. The van der Waals surface area contributed by atoms with Crippen molar-refractivity contribution in [2.75, 3.05) is 13.7 Å². The van der Waals surface area contributed by atoms with Gasteiger partial charge in [-0.25, -0.2) is 4.79 Å². The number of carbonyl (C=O) groups is 2. The van der Waals surface area contributed by atoms with E-state index in [4.69, 9.17) is 24.7 Å². The minimum atomic E-state index is -1.74. The van der Waals surface area contributed by atoms with Crippen molar-refractivity contribution in [2.45, 2.75) is 101 Å². The number of nitrogens with one attached hydrogen (secondary N) is 2. The quantitative estimate of drug-likeness (QED) is 0.130. The molecule has 15 nitrogen and oxygen atoms in total. The molecule has 2 aliphatic rings. The Kier molecular flexibility index (Phi) is 12.1. The van der Waals surface area contributed by atoms with Crippen molar-refractivity contribution in [3.05, 3.63) is 44.9 Å². The van der Waals surface area contributed by atoms with E-state index in [1.807, 2.05) is 4.98 Å². The summed E-state index contributed by atoms with van der Waals surface area (Å²) in [4.78, 5) is 50.8. The summed E-state index contributed by atoms with van der Waals surface area (Å²) in [5.74, 6) is -2.08. The zero-order chi connectivity index (χ0) is 30.1. The SMILES string of the molecule is CCCCCCCCCNC(=O)C1=C[C@H](O)[C@H](O)C(O[C@@H](C(N)=O)[C@H]2O[C@@H](n3ccc(=O)[nH]c3=O)[C@H](O)[C@@H]2OC)O1. The lowest BCUT2D eigenvalue weighted by molar-refractivity contribution is -0.241. The molecule has 0 radical (unpaired) electrons. The number of hydrogen-bond donors (Lipinski definition) is 6. The second-order valence-electron chi connectivity index (χ2n) is 10.0.